The van der Waals surface area contributed by atoms with E-state index in [1.165, 1.54) is 18.2 Å². The zero-order chi connectivity index (χ0) is 19.2. The Kier molecular flexibility index (Phi) is 4.63. The van der Waals surface area contributed by atoms with Crippen LogP contribution >= 0.6 is 34.5 Å². The van der Waals surface area contributed by atoms with Crippen LogP contribution in [0.25, 0.3) is 16.2 Å². The fraction of sp³-hybridized carbons (Fsp3) is 0.0556. The van der Waals surface area contributed by atoms with Crippen LogP contribution in [0.3, 0.4) is 0 Å². The molecule has 138 valence electrons. The van der Waals surface area contributed by atoms with Gasteiger partial charge in [-0.05, 0) is 37.3 Å². The van der Waals surface area contributed by atoms with Crippen molar-refractivity contribution in [2.24, 2.45) is 0 Å². The minimum atomic E-state index is -3.85. The van der Waals surface area contributed by atoms with Gasteiger partial charge in [-0.25, -0.2) is 13.4 Å². The van der Waals surface area contributed by atoms with Crippen LogP contribution in [0, 0.1) is 6.92 Å². The maximum atomic E-state index is 12.6. The lowest BCUT2D eigenvalue weighted by Crippen LogP contribution is -2.13. The molecule has 0 radical (unpaired) electrons. The van der Waals surface area contributed by atoms with E-state index >= 15 is 0 Å². The first kappa shape index (κ1) is 18.3. The van der Waals surface area contributed by atoms with Crippen molar-refractivity contribution in [1.29, 1.82) is 0 Å². The Labute approximate surface area is 170 Å². The molecule has 27 heavy (non-hydrogen) atoms. The Morgan fingerprint density at radius 2 is 1.85 bits per heavy atom. The van der Waals surface area contributed by atoms with Gasteiger partial charge < -0.3 is 0 Å². The molecule has 0 saturated heterocycles. The maximum Gasteiger partial charge on any atom is 0.263 e. The van der Waals surface area contributed by atoms with Crippen LogP contribution in [0.15, 0.2) is 58.9 Å². The summed E-state index contributed by atoms with van der Waals surface area (Å²) in [5.74, 6) is 0. The molecule has 2 aromatic heterocycles. The number of aryl methyl sites for hydroxylation is 1. The van der Waals surface area contributed by atoms with Crippen LogP contribution in [0.1, 0.15) is 5.69 Å². The van der Waals surface area contributed by atoms with Crippen molar-refractivity contribution in [1.82, 2.24) is 9.38 Å². The number of halogens is 2. The van der Waals surface area contributed by atoms with Gasteiger partial charge in [0.15, 0.2) is 4.96 Å². The number of benzene rings is 2. The highest BCUT2D eigenvalue weighted by molar-refractivity contribution is 7.92. The van der Waals surface area contributed by atoms with E-state index in [0.29, 0.717) is 10.7 Å². The van der Waals surface area contributed by atoms with Crippen molar-refractivity contribution in [3.05, 3.63) is 69.8 Å². The first-order chi connectivity index (χ1) is 12.8. The summed E-state index contributed by atoms with van der Waals surface area (Å²) in [4.78, 5) is 5.44. The number of fused-ring (bicyclic) bond motifs is 1. The Hall–Kier alpha value is -2.06. The molecule has 0 unspecified atom stereocenters. The molecular weight excluding hydrogens is 425 g/mol. The molecule has 1 N–H and O–H groups in total. The summed E-state index contributed by atoms with van der Waals surface area (Å²) in [6, 6.07) is 11.3. The second-order valence-corrected chi connectivity index (χ2v) is 9.24. The normalized spacial score (nSPS) is 11.8. The molecule has 9 heteroatoms. The summed E-state index contributed by atoms with van der Waals surface area (Å²) in [5, 5.41) is 2.45. The lowest BCUT2D eigenvalue weighted by Gasteiger charge is -2.10. The van der Waals surface area contributed by atoms with Crippen LogP contribution in [0.2, 0.25) is 10.0 Å². The molecular formula is C18H13Cl2N3O2S2. The monoisotopic (exact) mass is 437 g/mol. The molecule has 0 atom stereocenters. The summed E-state index contributed by atoms with van der Waals surface area (Å²) in [6.45, 7) is 2.02. The van der Waals surface area contributed by atoms with Gasteiger partial charge in [0.1, 0.15) is 4.90 Å². The van der Waals surface area contributed by atoms with Gasteiger partial charge in [0.05, 0.1) is 10.7 Å². The Morgan fingerprint density at radius 3 is 2.56 bits per heavy atom. The molecule has 0 aliphatic heterocycles. The van der Waals surface area contributed by atoms with Crippen molar-refractivity contribution < 1.29 is 8.42 Å². The minimum absolute atomic E-state index is 0.0643. The summed E-state index contributed by atoms with van der Waals surface area (Å²) < 4.78 is 29.7. The van der Waals surface area contributed by atoms with Gasteiger partial charge >= 0.3 is 0 Å². The average molecular weight is 438 g/mol. The second kappa shape index (κ2) is 6.83. The zero-order valence-electron chi connectivity index (χ0n) is 14.0. The lowest BCUT2D eigenvalue weighted by molar-refractivity contribution is 0.601. The molecule has 0 saturated carbocycles. The molecule has 0 aliphatic rings. The van der Waals surface area contributed by atoms with Crippen molar-refractivity contribution in [2.75, 3.05) is 4.72 Å². The molecule has 0 spiro atoms. The summed E-state index contributed by atoms with van der Waals surface area (Å²) in [6.07, 6.45) is 1.96. The first-order valence-corrected chi connectivity index (χ1v) is 11.0. The van der Waals surface area contributed by atoms with Gasteiger partial charge in [0.2, 0.25) is 0 Å². The largest absolute Gasteiger partial charge is 0.294 e. The number of aromatic nitrogens is 2. The molecule has 2 aromatic carbocycles. The van der Waals surface area contributed by atoms with E-state index in [1.54, 1.807) is 23.5 Å². The van der Waals surface area contributed by atoms with E-state index in [-0.39, 0.29) is 9.92 Å². The van der Waals surface area contributed by atoms with E-state index in [4.69, 9.17) is 23.2 Å². The topological polar surface area (TPSA) is 63.5 Å². The van der Waals surface area contributed by atoms with Crippen LogP contribution in [-0.2, 0) is 10.0 Å². The quantitative estimate of drug-likeness (QED) is 0.459. The third-order valence-corrected chi connectivity index (χ3v) is 7.06. The molecule has 0 bridgehead atoms. The van der Waals surface area contributed by atoms with E-state index in [0.717, 1.165) is 21.9 Å². The average Bonchev–Trinajstić information content (AvgIpc) is 3.20. The van der Waals surface area contributed by atoms with Gasteiger partial charge in [-0.3, -0.25) is 9.12 Å². The Morgan fingerprint density at radius 1 is 1.11 bits per heavy atom. The van der Waals surface area contributed by atoms with E-state index in [9.17, 15) is 8.42 Å². The van der Waals surface area contributed by atoms with Gasteiger partial charge in [0.25, 0.3) is 10.0 Å². The third kappa shape index (κ3) is 3.55. The number of anilines is 1. The zero-order valence-corrected chi connectivity index (χ0v) is 17.1. The highest BCUT2D eigenvalue weighted by atomic mass is 35.5. The van der Waals surface area contributed by atoms with Gasteiger partial charge in [-0.15, -0.1) is 11.3 Å². The molecule has 0 fully saturated rings. The minimum Gasteiger partial charge on any atom is -0.294 e. The second-order valence-electron chi connectivity index (χ2n) is 5.91. The fourth-order valence-electron chi connectivity index (χ4n) is 2.64. The van der Waals surface area contributed by atoms with Crippen LogP contribution in [0.5, 0.6) is 0 Å². The number of nitrogens with one attached hydrogen (secondary N) is 1. The number of sulfonamides is 1. The van der Waals surface area contributed by atoms with Crippen molar-refractivity contribution >= 4 is 55.2 Å². The van der Waals surface area contributed by atoms with Crippen LogP contribution in [0.4, 0.5) is 5.69 Å². The summed E-state index contributed by atoms with van der Waals surface area (Å²) in [5.41, 5.74) is 3.27. The maximum absolute atomic E-state index is 12.6. The van der Waals surface area contributed by atoms with Gasteiger partial charge in [-0.2, -0.15) is 0 Å². The highest BCUT2D eigenvalue weighted by Gasteiger charge is 2.18. The predicted molar refractivity (Wildman–Crippen MR) is 111 cm³/mol. The van der Waals surface area contributed by atoms with Crippen molar-refractivity contribution in [2.45, 2.75) is 11.8 Å². The predicted octanol–water partition coefficient (Wildman–Crippen LogP) is 5.48. The van der Waals surface area contributed by atoms with Gasteiger partial charge in [-0.1, -0.05) is 35.3 Å². The van der Waals surface area contributed by atoms with E-state index < -0.39 is 10.0 Å². The highest BCUT2D eigenvalue weighted by Crippen LogP contribution is 2.28. The smallest absolute Gasteiger partial charge is 0.263 e. The van der Waals surface area contributed by atoms with E-state index in [1.807, 2.05) is 35.0 Å². The molecule has 0 aliphatic carbocycles. The summed E-state index contributed by atoms with van der Waals surface area (Å²) >= 11 is 13.5. The standard InChI is InChI=1S/C18H13Cl2N3O2S2/c1-11-10-26-18-21-16(9-23(11)18)12-2-5-14(6-3-12)22-27(24,25)17-8-13(19)4-7-15(17)20/h2-10,22H,1H3. The summed E-state index contributed by atoms with van der Waals surface area (Å²) in [7, 11) is -3.85. The number of rotatable bonds is 4. The fourth-order valence-corrected chi connectivity index (χ4v) is 5.31. The number of hydrogen-bond donors (Lipinski definition) is 1. The molecule has 0 amide bonds. The SMILES string of the molecule is Cc1csc2nc(-c3ccc(NS(=O)(=O)c4cc(Cl)ccc4Cl)cc3)cn12. The number of nitrogens with zero attached hydrogens (tertiary/aromatic N) is 2. The lowest BCUT2D eigenvalue weighted by atomic mass is 10.1. The molecule has 4 rings (SSSR count). The molecule has 2 heterocycles. The Balaban J connectivity index is 1.61. The van der Waals surface area contributed by atoms with Crippen molar-refractivity contribution in [3.63, 3.8) is 0 Å². The number of imidazole rings is 1. The number of thiazole rings is 1. The number of hydrogen-bond acceptors (Lipinski definition) is 4. The van der Waals surface area contributed by atoms with Crippen LogP contribution < -0.4 is 4.72 Å². The van der Waals surface area contributed by atoms with E-state index in [2.05, 4.69) is 9.71 Å². The van der Waals surface area contributed by atoms with Gasteiger partial charge in [0, 0.05) is 33.5 Å². The van der Waals surface area contributed by atoms with Crippen LogP contribution in [-0.4, -0.2) is 17.8 Å². The Bertz CT molecular complexity index is 1250. The third-order valence-electron chi connectivity index (χ3n) is 4.00. The molecule has 4 aromatic rings. The first-order valence-electron chi connectivity index (χ1n) is 7.85. The van der Waals surface area contributed by atoms with Crippen molar-refractivity contribution in [3.8, 4) is 11.3 Å². The molecule has 5 nitrogen and oxygen atoms in total.